The average Bonchev–Trinajstić information content (AvgIpc) is 2.13. The molecule has 4 unspecified atom stereocenters. The van der Waals surface area contributed by atoms with Crippen LogP contribution in [0.15, 0.2) is 12.3 Å². The average molecular weight is 197 g/mol. The SMILES string of the molecule is C=C(C)NC1CCC(CO)C(C)C1C. The van der Waals surface area contributed by atoms with Gasteiger partial charge in [-0.2, -0.15) is 0 Å². The van der Waals surface area contributed by atoms with Crippen LogP contribution < -0.4 is 5.32 Å². The number of hydrogen-bond donors (Lipinski definition) is 2. The maximum atomic E-state index is 9.21. The largest absolute Gasteiger partial charge is 0.396 e. The first kappa shape index (κ1) is 11.6. The van der Waals surface area contributed by atoms with Gasteiger partial charge in [-0.1, -0.05) is 20.4 Å². The Kier molecular flexibility index (Phi) is 3.99. The number of rotatable bonds is 3. The Hall–Kier alpha value is -0.500. The summed E-state index contributed by atoms with van der Waals surface area (Å²) < 4.78 is 0. The molecule has 1 aliphatic rings. The highest BCUT2D eigenvalue weighted by Gasteiger charge is 2.33. The van der Waals surface area contributed by atoms with Gasteiger partial charge >= 0.3 is 0 Å². The molecule has 1 saturated carbocycles. The molecule has 2 nitrogen and oxygen atoms in total. The summed E-state index contributed by atoms with van der Waals surface area (Å²) in [6, 6.07) is 0.547. The van der Waals surface area contributed by atoms with Crippen LogP contribution in [-0.4, -0.2) is 17.8 Å². The quantitative estimate of drug-likeness (QED) is 0.726. The smallest absolute Gasteiger partial charge is 0.0461 e. The van der Waals surface area contributed by atoms with Gasteiger partial charge in [0.15, 0.2) is 0 Å². The lowest BCUT2D eigenvalue weighted by atomic mass is 9.71. The van der Waals surface area contributed by atoms with Gasteiger partial charge in [-0.15, -0.1) is 0 Å². The second-order valence-electron chi connectivity index (χ2n) is 4.77. The van der Waals surface area contributed by atoms with E-state index in [4.69, 9.17) is 0 Å². The second kappa shape index (κ2) is 4.83. The van der Waals surface area contributed by atoms with E-state index in [2.05, 4.69) is 25.7 Å². The molecule has 1 fully saturated rings. The Morgan fingerprint density at radius 2 is 2.00 bits per heavy atom. The molecular weight excluding hydrogens is 174 g/mol. The molecule has 82 valence electrons. The number of allylic oxidation sites excluding steroid dienone is 1. The van der Waals surface area contributed by atoms with Crippen molar-refractivity contribution in [3.8, 4) is 0 Å². The number of aliphatic hydroxyl groups excluding tert-OH is 1. The minimum atomic E-state index is 0.339. The van der Waals surface area contributed by atoms with Crippen molar-refractivity contribution >= 4 is 0 Å². The zero-order valence-corrected chi connectivity index (χ0v) is 9.59. The van der Waals surface area contributed by atoms with Crippen molar-refractivity contribution in [1.29, 1.82) is 0 Å². The third-order valence-electron chi connectivity index (χ3n) is 3.72. The maximum Gasteiger partial charge on any atom is 0.0461 e. The van der Waals surface area contributed by atoms with E-state index < -0.39 is 0 Å². The van der Waals surface area contributed by atoms with Gasteiger partial charge in [0.05, 0.1) is 0 Å². The number of aliphatic hydroxyl groups is 1. The van der Waals surface area contributed by atoms with Crippen LogP contribution in [0.1, 0.15) is 33.6 Å². The van der Waals surface area contributed by atoms with Gasteiger partial charge in [0.1, 0.15) is 0 Å². The fourth-order valence-corrected chi connectivity index (χ4v) is 2.49. The molecular formula is C12H23NO. The normalized spacial score (nSPS) is 38.0. The van der Waals surface area contributed by atoms with Crippen molar-refractivity contribution in [2.24, 2.45) is 17.8 Å². The Balaban J connectivity index is 2.54. The van der Waals surface area contributed by atoms with Crippen molar-refractivity contribution in [3.05, 3.63) is 12.3 Å². The van der Waals surface area contributed by atoms with Crippen LogP contribution in [0.2, 0.25) is 0 Å². The first-order valence-corrected chi connectivity index (χ1v) is 5.59. The summed E-state index contributed by atoms with van der Waals surface area (Å²) in [4.78, 5) is 0. The third-order valence-corrected chi connectivity index (χ3v) is 3.72. The topological polar surface area (TPSA) is 32.3 Å². The van der Waals surface area contributed by atoms with Crippen molar-refractivity contribution in [1.82, 2.24) is 5.32 Å². The zero-order valence-electron chi connectivity index (χ0n) is 9.59. The summed E-state index contributed by atoms with van der Waals surface area (Å²) in [5.41, 5.74) is 1.05. The van der Waals surface area contributed by atoms with E-state index in [0.717, 1.165) is 18.5 Å². The second-order valence-corrected chi connectivity index (χ2v) is 4.77. The molecule has 0 radical (unpaired) electrons. The van der Waals surface area contributed by atoms with E-state index in [-0.39, 0.29) is 0 Å². The molecule has 1 rings (SSSR count). The van der Waals surface area contributed by atoms with E-state index in [1.807, 2.05) is 6.92 Å². The molecule has 14 heavy (non-hydrogen) atoms. The van der Waals surface area contributed by atoms with Gasteiger partial charge in [0.2, 0.25) is 0 Å². The monoisotopic (exact) mass is 197 g/mol. The molecule has 2 heteroatoms. The van der Waals surface area contributed by atoms with Crippen LogP contribution in [0.5, 0.6) is 0 Å². The summed E-state index contributed by atoms with van der Waals surface area (Å²) in [6.07, 6.45) is 2.29. The van der Waals surface area contributed by atoms with Gasteiger partial charge in [-0.25, -0.2) is 0 Å². The first-order chi connectivity index (χ1) is 6.56. The minimum Gasteiger partial charge on any atom is -0.396 e. The summed E-state index contributed by atoms with van der Waals surface area (Å²) in [5, 5.41) is 12.6. The highest BCUT2D eigenvalue weighted by molar-refractivity contribution is 4.94. The van der Waals surface area contributed by atoms with Crippen LogP contribution in [0.3, 0.4) is 0 Å². The summed E-state index contributed by atoms with van der Waals surface area (Å²) in [5.74, 6) is 1.72. The highest BCUT2D eigenvalue weighted by atomic mass is 16.3. The molecule has 0 saturated heterocycles. The lowest BCUT2D eigenvalue weighted by molar-refractivity contribution is 0.0874. The first-order valence-electron chi connectivity index (χ1n) is 5.59. The van der Waals surface area contributed by atoms with E-state index >= 15 is 0 Å². The predicted octanol–water partition coefficient (Wildman–Crippen LogP) is 2.15. The van der Waals surface area contributed by atoms with Crippen LogP contribution in [0.4, 0.5) is 0 Å². The van der Waals surface area contributed by atoms with Gasteiger partial charge in [0, 0.05) is 18.3 Å². The molecule has 0 heterocycles. The molecule has 0 spiro atoms. The van der Waals surface area contributed by atoms with Crippen molar-refractivity contribution in [2.75, 3.05) is 6.61 Å². The maximum absolute atomic E-state index is 9.21. The van der Waals surface area contributed by atoms with Crippen molar-refractivity contribution < 1.29 is 5.11 Å². The van der Waals surface area contributed by atoms with Crippen molar-refractivity contribution in [3.63, 3.8) is 0 Å². The van der Waals surface area contributed by atoms with Crippen LogP contribution in [0, 0.1) is 17.8 Å². The lowest BCUT2D eigenvalue weighted by Gasteiger charge is -2.40. The standard InChI is InChI=1S/C12H23NO/c1-8(2)13-12-6-5-11(7-14)9(3)10(12)4/h9-14H,1,5-7H2,2-4H3. The molecule has 1 aliphatic carbocycles. The molecule has 0 bridgehead atoms. The molecule has 0 aromatic heterocycles. The van der Waals surface area contributed by atoms with E-state index in [1.54, 1.807) is 0 Å². The van der Waals surface area contributed by atoms with Crippen LogP contribution >= 0.6 is 0 Å². The molecule has 4 atom stereocenters. The Labute approximate surface area is 87.4 Å². The van der Waals surface area contributed by atoms with E-state index in [0.29, 0.717) is 30.4 Å². The Bertz CT molecular complexity index is 202. The summed E-state index contributed by atoms with van der Waals surface area (Å²) >= 11 is 0. The summed E-state index contributed by atoms with van der Waals surface area (Å²) in [7, 11) is 0. The highest BCUT2D eigenvalue weighted by Crippen LogP contribution is 2.34. The molecule has 0 aromatic rings. The zero-order chi connectivity index (χ0) is 10.7. The van der Waals surface area contributed by atoms with Gasteiger partial charge in [-0.05, 0) is 37.5 Å². The molecule has 2 N–H and O–H groups in total. The fraction of sp³-hybridized carbons (Fsp3) is 0.833. The van der Waals surface area contributed by atoms with E-state index in [1.165, 1.54) is 0 Å². The predicted molar refractivity (Wildman–Crippen MR) is 59.9 cm³/mol. The lowest BCUT2D eigenvalue weighted by Crippen LogP contribution is -2.43. The van der Waals surface area contributed by atoms with E-state index in [9.17, 15) is 5.11 Å². The van der Waals surface area contributed by atoms with Crippen LogP contribution in [0.25, 0.3) is 0 Å². The molecule has 0 aliphatic heterocycles. The third kappa shape index (κ3) is 2.50. The Morgan fingerprint density at radius 1 is 1.36 bits per heavy atom. The number of hydrogen-bond acceptors (Lipinski definition) is 2. The van der Waals surface area contributed by atoms with Gasteiger partial charge in [-0.3, -0.25) is 0 Å². The summed E-state index contributed by atoms with van der Waals surface area (Å²) in [6.45, 7) is 10.8. The molecule has 0 amide bonds. The number of nitrogens with one attached hydrogen (secondary N) is 1. The van der Waals surface area contributed by atoms with Gasteiger partial charge < -0.3 is 10.4 Å². The minimum absolute atomic E-state index is 0.339. The fourth-order valence-electron chi connectivity index (χ4n) is 2.49. The van der Waals surface area contributed by atoms with Crippen LogP contribution in [-0.2, 0) is 0 Å². The van der Waals surface area contributed by atoms with Crippen molar-refractivity contribution in [2.45, 2.75) is 39.7 Å². The Morgan fingerprint density at radius 3 is 2.50 bits per heavy atom. The molecule has 0 aromatic carbocycles. The van der Waals surface area contributed by atoms with Gasteiger partial charge in [0.25, 0.3) is 0 Å².